The highest BCUT2D eigenvalue weighted by molar-refractivity contribution is 7.92. The molecule has 1 unspecified atom stereocenters. The maximum Gasteiger partial charge on any atom is 0.310 e. The van der Waals surface area contributed by atoms with Gasteiger partial charge in [0.1, 0.15) is 4.75 Å². The number of piperidine rings is 1. The van der Waals surface area contributed by atoms with Gasteiger partial charge in [0.05, 0.1) is 12.5 Å². The summed E-state index contributed by atoms with van der Waals surface area (Å²) in [5.74, 6) is -1.13. The monoisotopic (exact) mass is 305 g/mol. The second-order valence-electron chi connectivity index (χ2n) is 5.62. The zero-order valence-electron chi connectivity index (χ0n) is 12.5. The summed E-state index contributed by atoms with van der Waals surface area (Å²) in [6.45, 7) is 5.55. The summed E-state index contributed by atoms with van der Waals surface area (Å²) in [5, 5.41) is 0. The number of carbonyl (C=O) groups is 2. The second kappa shape index (κ2) is 6.11. The molecule has 1 fully saturated rings. The maximum atomic E-state index is 12.4. The fourth-order valence-corrected chi connectivity index (χ4v) is 2.60. The minimum atomic E-state index is -3.51. The SMILES string of the molecule is CCOC(=O)C1CCCN(C(=O)C(C)(C)S(C)(=O)=O)C1. The first-order valence-electron chi connectivity index (χ1n) is 6.77. The highest BCUT2D eigenvalue weighted by Gasteiger charge is 2.43. The van der Waals surface area contributed by atoms with Crippen molar-refractivity contribution in [1.29, 1.82) is 0 Å². The van der Waals surface area contributed by atoms with E-state index in [1.54, 1.807) is 6.92 Å². The molecule has 0 aromatic rings. The number of amides is 1. The minimum Gasteiger partial charge on any atom is -0.466 e. The molecule has 1 amide bonds. The molecular weight excluding hydrogens is 282 g/mol. The molecule has 1 aliphatic rings. The molecular formula is C13H23NO5S. The van der Waals surface area contributed by atoms with E-state index >= 15 is 0 Å². The molecule has 1 aliphatic heterocycles. The first kappa shape index (κ1) is 16.9. The van der Waals surface area contributed by atoms with Crippen LogP contribution in [0, 0.1) is 5.92 Å². The average Bonchev–Trinajstić information content (AvgIpc) is 2.37. The molecule has 0 saturated carbocycles. The van der Waals surface area contributed by atoms with Crippen molar-refractivity contribution in [3.8, 4) is 0 Å². The number of rotatable bonds is 4. The van der Waals surface area contributed by atoms with E-state index < -0.39 is 20.5 Å². The van der Waals surface area contributed by atoms with Crippen LogP contribution in [0.1, 0.15) is 33.6 Å². The van der Waals surface area contributed by atoms with E-state index in [4.69, 9.17) is 4.74 Å². The van der Waals surface area contributed by atoms with Crippen LogP contribution in [0.4, 0.5) is 0 Å². The summed E-state index contributed by atoms with van der Waals surface area (Å²) in [6.07, 6.45) is 2.40. The summed E-state index contributed by atoms with van der Waals surface area (Å²) in [5.41, 5.74) is 0. The van der Waals surface area contributed by atoms with Crippen molar-refractivity contribution in [2.45, 2.75) is 38.4 Å². The Morgan fingerprint density at radius 1 is 1.35 bits per heavy atom. The summed E-state index contributed by atoms with van der Waals surface area (Å²) in [7, 11) is -3.51. The van der Waals surface area contributed by atoms with Gasteiger partial charge in [-0.3, -0.25) is 9.59 Å². The van der Waals surface area contributed by atoms with Gasteiger partial charge in [-0.1, -0.05) is 0 Å². The van der Waals surface area contributed by atoms with E-state index in [-0.39, 0.29) is 18.4 Å². The normalized spacial score (nSPS) is 20.6. The topological polar surface area (TPSA) is 80.8 Å². The maximum absolute atomic E-state index is 12.4. The van der Waals surface area contributed by atoms with Crippen LogP contribution < -0.4 is 0 Å². The van der Waals surface area contributed by atoms with Crippen LogP contribution in [0.25, 0.3) is 0 Å². The summed E-state index contributed by atoms with van der Waals surface area (Å²) < 4.78 is 26.9. The number of sulfone groups is 1. The molecule has 0 spiro atoms. The fraction of sp³-hybridized carbons (Fsp3) is 0.846. The lowest BCUT2D eigenvalue weighted by Crippen LogP contribution is -2.53. The van der Waals surface area contributed by atoms with Gasteiger partial charge in [-0.05, 0) is 33.6 Å². The van der Waals surface area contributed by atoms with Crippen LogP contribution in [0.15, 0.2) is 0 Å². The number of hydrogen-bond donors (Lipinski definition) is 0. The molecule has 116 valence electrons. The summed E-state index contributed by atoms with van der Waals surface area (Å²) >= 11 is 0. The van der Waals surface area contributed by atoms with Gasteiger partial charge in [0.2, 0.25) is 5.91 Å². The molecule has 0 aromatic carbocycles. The number of ether oxygens (including phenoxy) is 1. The quantitative estimate of drug-likeness (QED) is 0.711. The molecule has 1 rings (SSSR count). The first-order valence-corrected chi connectivity index (χ1v) is 8.66. The van der Waals surface area contributed by atoms with E-state index in [0.29, 0.717) is 26.0 Å². The predicted octanol–water partition coefficient (Wildman–Crippen LogP) is 0.611. The van der Waals surface area contributed by atoms with Gasteiger partial charge in [-0.25, -0.2) is 8.42 Å². The molecule has 0 radical (unpaired) electrons. The Labute approximate surface area is 120 Å². The Morgan fingerprint density at radius 2 is 1.95 bits per heavy atom. The highest BCUT2D eigenvalue weighted by Crippen LogP contribution is 2.24. The van der Waals surface area contributed by atoms with Crippen molar-refractivity contribution in [1.82, 2.24) is 4.90 Å². The molecule has 1 atom stereocenters. The van der Waals surface area contributed by atoms with E-state index in [1.807, 2.05) is 0 Å². The summed E-state index contributed by atoms with van der Waals surface area (Å²) in [6, 6.07) is 0. The molecule has 6 nitrogen and oxygen atoms in total. The van der Waals surface area contributed by atoms with E-state index in [1.165, 1.54) is 18.7 Å². The van der Waals surface area contributed by atoms with Gasteiger partial charge in [0.15, 0.2) is 9.84 Å². The second-order valence-corrected chi connectivity index (χ2v) is 8.19. The van der Waals surface area contributed by atoms with Crippen molar-refractivity contribution >= 4 is 21.7 Å². The van der Waals surface area contributed by atoms with Gasteiger partial charge in [0.25, 0.3) is 0 Å². The van der Waals surface area contributed by atoms with Gasteiger partial charge in [0, 0.05) is 19.3 Å². The Hall–Kier alpha value is -1.11. The molecule has 7 heteroatoms. The molecule has 1 heterocycles. The zero-order chi connectivity index (χ0) is 15.6. The average molecular weight is 305 g/mol. The van der Waals surface area contributed by atoms with E-state index in [0.717, 1.165) is 6.26 Å². The van der Waals surface area contributed by atoms with Crippen molar-refractivity contribution < 1.29 is 22.7 Å². The van der Waals surface area contributed by atoms with Crippen LogP contribution in [-0.2, 0) is 24.2 Å². The molecule has 1 saturated heterocycles. The fourth-order valence-electron chi connectivity index (χ4n) is 2.15. The van der Waals surface area contributed by atoms with Crippen LogP contribution in [0.2, 0.25) is 0 Å². The Bertz CT molecular complexity index is 483. The van der Waals surface area contributed by atoms with Crippen molar-refractivity contribution in [3.05, 3.63) is 0 Å². The number of carbonyl (C=O) groups excluding carboxylic acids is 2. The molecule has 0 bridgehead atoms. The lowest BCUT2D eigenvalue weighted by molar-refractivity contribution is -0.151. The number of esters is 1. The van der Waals surface area contributed by atoms with Gasteiger partial charge < -0.3 is 9.64 Å². The van der Waals surface area contributed by atoms with Gasteiger partial charge >= 0.3 is 5.97 Å². The van der Waals surface area contributed by atoms with Crippen LogP contribution >= 0.6 is 0 Å². The van der Waals surface area contributed by atoms with Gasteiger partial charge in [-0.2, -0.15) is 0 Å². The Morgan fingerprint density at radius 3 is 2.45 bits per heavy atom. The summed E-state index contributed by atoms with van der Waals surface area (Å²) in [4.78, 5) is 25.6. The third-order valence-electron chi connectivity index (χ3n) is 3.77. The van der Waals surface area contributed by atoms with E-state index in [9.17, 15) is 18.0 Å². The number of nitrogens with zero attached hydrogens (tertiary/aromatic N) is 1. The Kier molecular flexibility index (Phi) is 5.18. The van der Waals surface area contributed by atoms with Crippen molar-refractivity contribution in [2.24, 2.45) is 5.92 Å². The number of hydrogen-bond acceptors (Lipinski definition) is 5. The third-order valence-corrected chi connectivity index (χ3v) is 5.80. The third kappa shape index (κ3) is 3.50. The lowest BCUT2D eigenvalue weighted by Gasteiger charge is -2.36. The molecule has 0 aliphatic carbocycles. The van der Waals surface area contributed by atoms with E-state index in [2.05, 4.69) is 0 Å². The van der Waals surface area contributed by atoms with Gasteiger partial charge in [-0.15, -0.1) is 0 Å². The molecule has 20 heavy (non-hydrogen) atoms. The zero-order valence-corrected chi connectivity index (χ0v) is 13.3. The first-order chi connectivity index (χ1) is 9.11. The van der Waals surface area contributed by atoms with Crippen molar-refractivity contribution in [2.75, 3.05) is 26.0 Å². The van der Waals surface area contributed by atoms with Crippen LogP contribution in [-0.4, -0.2) is 55.9 Å². The lowest BCUT2D eigenvalue weighted by atomic mass is 9.97. The standard InChI is InChI=1S/C13H23NO5S/c1-5-19-11(15)10-7-6-8-14(9-10)12(16)13(2,3)20(4,17)18/h10H,5-9H2,1-4H3. The van der Waals surface area contributed by atoms with Crippen molar-refractivity contribution in [3.63, 3.8) is 0 Å². The molecule has 0 aromatic heterocycles. The smallest absolute Gasteiger partial charge is 0.310 e. The van der Waals surface area contributed by atoms with Crippen LogP contribution in [0.3, 0.4) is 0 Å². The predicted molar refractivity (Wildman–Crippen MR) is 74.9 cm³/mol. The minimum absolute atomic E-state index is 0.233. The number of likely N-dealkylation sites (tertiary alicyclic amines) is 1. The highest BCUT2D eigenvalue weighted by atomic mass is 32.2. The van der Waals surface area contributed by atoms with Crippen LogP contribution in [0.5, 0.6) is 0 Å². The largest absolute Gasteiger partial charge is 0.466 e. The molecule has 0 N–H and O–H groups in total. The Balaban J connectivity index is 2.82.